The Bertz CT molecular complexity index is 172. The minimum atomic E-state index is -0.361. The topological polar surface area (TPSA) is 29.5 Å². The van der Waals surface area contributed by atoms with Crippen LogP contribution in [0.3, 0.4) is 0 Å². The number of halogens is 1. The zero-order chi connectivity index (χ0) is 13.2. The van der Waals surface area contributed by atoms with Crippen molar-refractivity contribution < 1.29 is 13.9 Å². The molecule has 16 heavy (non-hydrogen) atoms. The van der Waals surface area contributed by atoms with E-state index in [0.29, 0.717) is 7.18 Å². The van der Waals surface area contributed by atoms with Crippen molar-refractivity contribution in [1.82, 2.24) is 4.90 Å². The summed E-state index contributed by atoms with van der Waals surface area (Å²) in [6.07, 6.45) is 2.05. The van der Waals surface area contributed by atoms with Gasteiger partial charge in [0.1, 0.15) is 5.60 Å². The largest absolute Gasteiger partial charge is 0.444 e. The SMILES string of the molecule is CC.CC(C)(C)OC(=O)N1CCCC1.CF. The number of amides is 1. The van der Waals surface area contributed by atoms with Gasteiger partial charge in [0.05, 0.1) is 7.18 Å². The second-order valence-electron chi connectivity index (χ2n) is 4.17. The molecule has 1 heterocycles. The summed E-state index contributed by atoms with van der Waals surface area (Å²) < 4.78 is 14.7. The summed E-state index contributed by atoms with van der Waals surface area (Å²) in [5, 5.41) is 0. The van der Waals surface area contributed by atoms with E-state index in [-0.39, 0.29) is 11.7 Å². The summed E-state index contributed by atoms with van der Waals surface area (Å²) in [5.74, 6) is 0. The van der Waals surface area contributed by atoms with Crippen molar-refractivity contribution in [2.45, 2.75) is 53.1 Å². The lowest BCUT2D eigenvalue weighted by Crippen LogP contribution is -2.34. The predicted molar refractivity (Wildman–Crippen MR) is 65.4 cm³/mol. The average molecular weight is 235 g/mol. The summed E-state index contributed by atoms with van der Waals surface area (Å²) in [4.78, 5) is 13.1. The molecular weight excluding hydrogens is 209 g/mol. The van der Waals surface area contributed by atoms with Gasteiger partial charge in [-0.2, -0.15) is 0 Å². The predicted octanol–water partition coefficient (Wildman–Crippen LogP) is 3.63. The molecule has 0 N–H and O–H groups in total. The quantitative estimate of drug-likeness (QED) is 0.641. The van der Waals surface area contributed by atoms with E-state index in [2.05, 4.69) is 0 Å². The number of hydrogen-bond acceptors (Lipinski definition) is 2. The first kappa shape index (κ1) is 17.6. The van der Waals surface area contributed by atoms with Crippen LogP contribution in [0.5, 0.6) is 0 Å². The van der Waals surface area contributed by atoms with Gasteiger partial charge >= 0.3 is 6.09 Å². The van der Waals surface area contributed by atoms with Gasteiger partial charge in [0.2, 0.25) is 0 Å². The number of carbonyl (C=O) groups is 1. The lowest BCUT2D eigenvalue weighted by atomic mass is 10.2. The fourth-order valence-corrected chi connectivity index (χ4v) is 1.23. The molecule has 1 saturated heterocycles. The van der Waals surface area contributed by atoms with E-state index in [1.807, 2.05) is 34.6 Å². The van der Waals surface area contributed by atoms with Crippen LogP contribution in [0.15, 0.2) is 0 Å². The van der Waals surface area contributed by atoms with Crippen molar-refractivity contribution in [3.05, 3.63) is 0 Å². The van der Waals surface area contributed by atoms with Gasteiger partial charge in [0.25, 0.3) is 0 Å². The first-order chi connectivity index (χ1) is 7.49. The lowest BCUT2D eigenvalue weighted by molar-refractivity contribution is 0.0295. The fraction of sp³-hybridized carbons (Fsp3) is 0.917. The fourth-order valence-electron chi connectivity index (χ4n) is 1.23. The average Bonchev–Trinajstić information content (AvgIpc) is 2.74. The number of rotatable bonds is 0. The summed E-state index contributed by atoms with van der Waals surface area (Å²) in [5.41, 5.74) is -0.361. The van der Waals surface area contributed by atoms with E-state index in [9.17, 15) is 9.18 Å². The maximum atomic E-state index is 11.4. The van der Waals surface area contributed by atoms with Crippen LogP contribution in [-0.4, -0.2) is 36.9 Å². The Morgan fingerprint density at radius 3 is 1.81 bits per heavy atom. The maximum Gasteiger partial charge on any atom is 0.410 e. The van der Waals surface area contributed by atoms with Crippen molar-refractivity contribution in [2.75, 3.05) is 20.3 Å². The molecule has 0 aromatic carbocycles. The molecule has 4 heteroatoms. The first-order valence-electron chi connectivity index (χ1n) is 5.85. The number of ether oxygens (including phenoxy) is 1. The van der Waals surface area contributed by atoms with Gasteiger partial charge in [0, 0.05) is 13.1 Å². The molecule has 0 bridgehead atoms. The van der Waals surface area contributed by atoms with E-state index in [4.69, 9.17) is 4.74 Å². The van der Waals surface area contributed by atoms with Gasteiger partial charge in [0.15, 0.2) is 0 Å². The molecule has 3 nitrogen and oxygen atoms in total. The molecule has 1 fully saturated rings. The van der Waals surface area contributed by atoms with Crippen molar-refractivity contribution in [3.8, 4) is 0 Å². The number of hydrogen-bond donors (Lipinski definition) is 0. The van der Waals surface area contributed by atoms with E-state index in [1.165, 1.54) is 0 Å². The number of carbonyl (C=O) groups excluding carboxylic acids is 1. The van der Waals surface area contributed by atoms with Crippen LogP contribution in [0.2, 0.25) is 0 Å². The Balaban J connectivity index is 0. The number of alkyl halides is 1. The second kappa shape index (κ2) is 9.43. The van der Waals surface area contributed by atoms with Crippen molar-refractivity contribution in [2.24, 2.45) is 0 Å². The third-order valence-electron chi connectivity index (χ3n) is 1.76. The highest BCUT2D eigenvalue weighted by Crippen LogP contribution is 2.14. The molecule has 0 saturated carbocycles. The molecule has 1 rings (SSSR count). The molecule has 0 spiro atoms. The molecule has 1 amide bonds. The highest BCUT2D eigenvalue weighted by atomic mass is 19.1. The molecular formula is C12H26FNO2. The van der Waals surface area contributed by atoms with Gasteiger partial charge in [-0.1, -0.05) is 13.8 Å². The van der Waals surface area contributed by atoms with E-state index in [0.717, 1.165) is 25.9 Å². The summed E-state index contributed by atoms with van der Waals surface area (Å²) in [7, 11) is 0.500. The van der Waals surface area contributed by atoms with Gasteiger partial charge in [-0.05, 0) is 33.6 Å². The van der Waals surface area contributed by atoms with Gasteiger partial charge in [-0.25, -0.2) is 4.79 Å². The second-order valence-corrected chi connectivity index (χ2v) is 4.17. The highest BCUT2D eigenvalue weighted by molar-refractivity contribution is 5.68. The molecule has 0 atom stereocenters. The van der Waals surface area contributed by atoms with Gasteiger partial charge in [-0.15, -0.1) is 0 Å². The van der Waals surface area contributed by atoms with Gasteiger partial charge < -0.3 is 9.64 Å². The smallest absolute Gasteiger partial charge is 0.410 e. The van der Waals surface area contributed by atoms with E-state index < -0.39 is 0 Å². The van der Waals surface area contributed by atoms with Crippen LogP contribution in [0.4, 0.5) is 9.18 Å². The lowest BCUT2D eigenvalue weighted by Gasteiger charge is -2.23. The molecule has 1 aliphatic rings. The Morgan fingerprint density at radius 1 is 1.12 bits per heavy atom. The maximum absolute atomic E-state index is 11.4. The van der Waals surface area contributed by atoms with Gasteiger partial charge in [-0.3, -0.25) is 4.39 Å². The van der Waals surface area contributed by atoms with Crippen LogP contribution in [0.25, 0.3) is 0 Å². The third kappa shape index (κ3) is 8.50. The minimum absolute atomic E-state index is 0.167. The Hall–Kier alpha value is -0.800. The molecule has 0 unspecified atom stereocenters. The van der Waals surface area contributed by atoms with E-state index in [1.54, 1.807) is 4.90 Å². The van der Waals surface area contributed by atoms with Crippen molar-refractivity contribution in [1.29, 1.82) is 0 Å². The Morgan fingerprint density at radius 2 is 1.50 bits per heavy atom. The monoisotopic (exact) mass is 235 g/mol. The van der Waals surface area contributed by atoms with E-state index >= 15 is 0 Å². The molecule has 1 aliphatic heterocycles. The first-order valence-corrected chi connectivity index (χ1v) is 5.85. The third-order valence-corrected chi connectivity index (χ3v) is 1.76. The Kier molecular flexibility index (Phi) is 10.4. The van der Waals surface area contributed by atoms with Crippen LogP contribution in [0, 0.1) is 0 Å². The zero-order valence-electron chi connectivity index (χ0n) is 11.5. The molecule has 98 valence electrons. The van der Waals surface area contributed by atoms with Crippen LogP contribution < -0.4 is 0 Å². The zero-order valence-corrected chi connectivity index (χ0v) is 11.5. The van der Waals surface area contributed by atoms with Crippen LogP contribution >= 0.6 is 0 Å². The number of likely N-dealkylation sites (tertiary alicyclic amines) is 1. The molecule has 0 aromatic rings. The van der Waals surface area contributed by atoms with Crippen molar-refractivity contribution in [3.63, 3.8) is 0 Å². The molecule has 0 radical (unpaired) electrons. The summed E-state index contributed by atoms with van der Waals surface area (Å²) >= 11 is 0. The highest BCUT2D eigenvalue weighted by Gasteiger charge is 2.23. The summed E-state index contributed by atoms with van der Waals surface area (Å²) in [6, 6.07) is 0. The normalized spacial score (nSPS) is 14.3. The van der Waals surface area contributed by atoms with Crippen LogP contribution in [-0.2, 0) is 4.74 Å². The minimum Gasteiger partial charge on any atom is -0.444 e. The molecule has 0 aromatic heterocycles. The van der Waals surface area contributed by atoms with Crippen molar-refractivity contribution >= 4 is 6.09 Å². The summed E-state index contributed by atoms with van der Waals surface area (Å²) in [6.45, 7) is 11.4. The number of nitrogens with zero attached hydrogens (tertiary/aromatic N) is 1. The Labute approximate surface area is 99.0 Å². The molecule has 0 aliphatic carbocycles. The van der Waals surface area contributed by atoms with Crippen LogP contribution in [0.1, 0.15) is 47.5 Å². The standard InChI is InChI=1S/C9H17NO2.C2H6.CH3F/c1-9(2,3)12-8(11)10-6-4-5-7-10;2*1-2/h4-7H2,1-3H3;1-2H3;1H3.